The van der Waals surface area contributed by atoms with Gasteiger partial charge >= 0.3 is 0 Å². The number of phenols is 1. The third-order valence-electron chi connectivity index (χ3n) is 8.02. The number of fused-ring (bicyclic) bond motifs is 3. The lowest BCUT2D eigenvalue weighted by Crippen LogP contribution is -2.35. The van der Waals surface area contributed by atoms with Crippen LogP contribution >= 0.6 is 11.6 Å². The number of phenolic OH excluding ortho intramolecular Hbond substituents is 1. The average Bonchev–Trinajstić information content (AvgIpc) is 3.45. The molecule has 2 amide bonds. The fourth-order valence-electron chi connectivity index (χ4n) is 6.14. The van der Waals surface area contributed by atoms with Crippen molar-refractivity contribution < 1.29 is 29.5 Å². The van der Waals surface area contributed by atoms with E-state index in [9.17, 15) is 29.9 Å². The molecule has 0 saturated carbocycles. The molecule has 0 spiro atoms. The summed E-state index contributed by atoms with van der Waals surface area (Å²) in [5, 5.41) is 31.6. The number of carbonyl (C=O) groups is 2. The van der Waals surface area contributed by atoms with Crippen LogP contribution in [0.2, 0.25) is 5.02 Å². The summed E-state index contributed by atoms with van der Waals surface area (Å²) >= 11 is 6.28. The van der Waals surface area contributed by atoms with Crippen LogP contribution in [0, 0.1) is 27.9 Å². The first-order valence-corrected chi connectivity index (χ1v) is 13.4. The quantitative estimate of drug-likeness (QED) is 0.203. The van der Waals surface area contributed by atoms with Gasteiger partial charge in [-0.05, 0) is 66.7 Å². The minimum Gasteiger partial charge on any atom is -0.508 e. The summed E-state index contributed by atoms with van der Waals surface area (Å²) in [6, 6.07) is 10.4. The molecule has 0 radical (unpaired) electrons. The lowest BCUT2D eigenvalue weighted by molar-refractivity contribution is -0.384. The van der Waals surface area contributed by atoms with Crippen LogP contribution in [0.4, 0.5) is 11.4 Å². The largest absolute Gasteiger partial charge is 0.508 e. The van der Waals surface area contributed by atoms with Gasteiger partial charge in [-0.15, -0.1) is 0 Å². The van der Waals surface area contributed by atoms with Gasteiger partial charge in [-0.1, -0.05) is 36.2 Å². The van der Waals surface area contributed by atoms with E-state index in [1.807, 2.05) is 13.0 Å². The average molecular weight is 553 g/mol. The van der Waals surface area contributed by atoms with E-state index in [-0.39, 0.29) is 54.7 Å². The number of amides is 2. The highest BCUT2D eigenvalue weighted by molar-refractivity contribution is 6.32. The number of ether oxygens (including phenoxy) is 1. The maximum absolute atomic E-state index is 13.6. The first-order valence-electron chi connectivity index (χ1n) is 13.0. The number of benzene rings is 2. The van der Waals surface area contributed by atoms with Crippen LogP contribution in [-0.2, 0) is 14.3 Å². The molecule has 2 aromatic carbocycles. The van der Waals surface area contributed by atoms with Gasteiger partial charge in [0.2, 0.25) is 11.8 Å². The van der Waals surface area contributed by atoms with E-state index in [1.165, 1.54) is 30.3 Å². The molecule has 2 heterocycles. The minimum atomic E-state index is -0.641. The number of halogens is 1. The Morgan fingerprint density at radius 2 is 2.00 bits per heavy atom. The van der Waals surface area contributed by atoms with Crippen LogP contribution in [0.1, 0.15) is 38.2 Å². The van der Waals surface area contributed by atoms with Crippen molar-refractivity contribution in [1.29, 1.82) is 0 Å². The molecule has 10 heteroatoms. The number of imide groups is 1. The van der Waals surface area contributed by atoms with Gasteiger partial charge < -0.3 is 14.9 Å². The number of nitro benzene ring substituents is 1. The summed E-state index contributed by atoms with van der Waals surface area (Å²) in [7, 11) is 0. The zero-order chi connectivity index (χ0) is 27.8. The zero-order valence-corrected chi connectivity index (χ0v) is 22.1. The normalized spacial score (nSPS) is 24.8. The molecule has 4 atom stereocenters. The van der Waals surface area contributed by atoms with Crippen LogP contribution in [0.15, 0.2) is 59.2 Å². The lowest BCUT2D eigenvalue weighted by Gasteiger charge is -2.31. The maximum Gasteiger partial charge on any atom is 0.271 e. The first kappa shape index (κ1) is 27.1. The number of allylic oxidation sites excluding steroid dienone is 1. The van der Waals surface area contributed by atoms with E-state index in [4.69, 9.17) is 16.3 Å². The fraction of sp³-hybridized carbons (Fsp3) is 0.379. The van der Waals surface area contributed by atoms with Gasteiger partial charge in [0.1, 0.15) is 5.75 Å². The number of non-ortho nitro benzene ring substituents is 1. The molecule has 0 aromatic heterocycles. The molecule has 3 aliphatic rings. The van der Waals surface area contributed by atoms with Crippen molar-refractivity contribution in [2.75, 3.05) is 18.1 Å². The SMILES string of the molecule is CC/C(=C\c1ccc(O)cc1Cl)CC[C@H]1OC[C@H]2C1=C(CO)C[C@H]1C(=O)N(c3cccc([N+](=O)[O-])c3)C(=O)[C@H]12. The van der Waals surface area contributed by atoms with Gasteiger partial charge in [-0.25, -0.2) is 4.90 Å². The Bertz CT molecular complexity index is 1400. The van der Waals surface area contributed by atoms with Gasteiger partial charge in [0.05, 0.1) is 46.8 Å². The smallest absolute Gasteiger partial charge is 0.271 e. The molecular formula is C29H29ClN2O7. The van der Waals surface area contributed by atoms with Gasteiger partial charge in [-0.3, -0.25) is 19.7 Å². The molecule has 1 aliphatic carbocycles. The molecule has 0 bridgehead atoms. The number of hydrogen-bond acceptors (Lipinski definition) is 7. The van der Waals surface area contributed by atoms with Crippen molar-refractivity contribution in [3.05, 3.63) is 79.9 Å². The number of carbonyl (C=O) groups excluding carboxylic acids is 2. The Labute approximate surface area is 230 Å². The van der Waals surface area contributed by atoms with Crippen LogP contribution in [0.3, 0.4) is 0 Å². The van der Waals surface area contributed by atoms with E-state index in [0.717, 1.165) is 33.6 Å². The third kappa shape index (κ3) is 4.97. The predicted molar refractivity (Wildman–Crippen MR) is 145 cm³/mol. The van der Waals surface area contributed by atoms with Crippen LogP contribution < -0.4 is 4.90 Å². The summed E-state index contributed by atoms with van der Waals surface area (Å²) in [6.07, 6.45) is 4.09. The Hall–Kier alpha value is -3.53. The molecule has 2 fully saturated rings. The number of hydrogen-bond donors (Lipinski definition) is 2. The second kappa shape index (κ2) is 10.9. The summed E-state index contributed by atoms with van der Waals surface area (Å²) in [5.74, 6) is -2.30. The fourth-order valence-corrected chi connectivity index (χ4v) is 6.37. The number of aromatic hydroxyl groups is 1. The number of nitrogens with zero attached hydrogens (tertiary/aromatic N) is 2. The molecule has 204 valence electrons. The Kier molecular flexibility index (Phi) is 7.57. The van der Waals surface area contributed by atoms with E-state index < -0.39 is 22.7 Å². The molecule has 0 unspecified atom stereocenters. The van der Waals surface area contributed by atoms with Gasteiger partial charge in [-0.2, -0.15) is 0 Å². The number of nitro groups is 1. The van der Waals surface area contributed by atoms with Crippen LogP contribution in [0.25, 0.3) is 6.08 Å². The van der Waals surface area contributed by atoms with Crippen LogP contribution in [-0.4, -0.2) is 46.3 Å². The molecule has 5 rings (SSSR count). The highest BCUT2D eigenvalue weighted by Gasteiger charge is 2.57. The highest BCUT2D eigenvalue weighted by atomic mass is 35.5. The van der Waals surface area contributed by atoms with Crippen molar-refractivity contribution in [1.82, 2.24) is 0 Å². The molecule has 2 aliphatic heterocycles. The van der Waals surface area contributed by atoms with Crippen molar-refractivity contribution in [3.8, 4) is 5.75 Å². The summed E-state index contributed by atoms with van der Waals surface area (Å²) < 4.78 is 6.17. The van der Waals surface area contributed by atoms with Gasteiger partial charge in [0, 0.05) is 18.1 Å². The predicted octanol–water partition coefficient (Wildman–Crippen LogP) is 5.04. The van der Waals surface area contributed by atoms with Crippen molar-refractivity contribution >= 4 is 40.9 Å². The van der Waals surface area contributed by atoms with Gasteiger partial charge in [0.15, 0.2) is 0 Å². The molecule has 2 aromatic rings. The molecule has 9 nitrogen and oxygen atoms in total. The van der Waals surface area contributed by atoms with E-state index in [2.05, 4.69) is 0 Å². The molecule has 2 N–H and O–H groups in total. The topological polar surface area (TPSA) is 130 Å². The van der Waals surface area contributed by atoms with Crippen LogP contribution in [0.5, 0.6) is 5.75 Å². The second-order valence-corrected chi connectivity index (χ2v) is 10.6. The Morgan fingerprint density at radius 3 is 2.69 bits per heavy atom. The van der Waals surface area contributed by atoms with Crippen molar-refractivity contribution in [3.63, 3.8) is 0 Å². The van der Waals surface area contributed by atoms with E-state index >= 15 is 0 Å². The van der Waals surface area contributed by atoms with E-state index in [0.29, 0.717) is 17.9 Å². The molecule has 2 saturated heterocycles. The van der Waals surface area contributed by atoms with Gasteiger partial charge in [0.25, 0.3) is 5.69 Å². The summed E-state index contributed by atoms with van der Waals surface area (Å²) in [5.41, 5.74) is 3.56. The summed E-state index contributed by atoms with van der Waals surface area (Å²) in [6.45, 7) is 2.08. The first-order chi connectivity index (χ1) is 18.7. The number of anilines is 1. The number of aliphatic hydroxyl groups excluding tert-OH is 1. The monoisotopic (exact) mass is 552 g/mol. The van der Waals surface area contributed by atoms with E-state index in [1.54, 1.807) is 12.1 Å². The number of rotatable bonds is 8. The standard InChI is InChI=1S/C29H29ClN2O7/c1-2-16(10-17-7-8-21(34)13-24(17)30)6-9-25-26-18(14-33)11-22-27(23(26)15-39-25)29(36)31(28(22)35)19-4-3-5-20(12-19)32(37)38/h3-5,7-8,10,12-13,22-23,25,27,33-34H,2,6,9,11,14-15H2,1H3/b16-10+/t22-,23+,25-,27-/m1/s1. The number of aliphatic hydroxyl groups is 1. The zero-order valence-electron chi connectivity index (χ0n) is 21.4. The maximum atomic E-state index is 13.6. The Morgan fingerprint density at radius 1 is 1.21 bits per heavy atom. The highest BCUT2D eigenvalue weighted by Crippen LogP contribution is 2.50. The summed E-state index contributed by atoms with van der Waals surface area (Å²) in [4.78, 5) is 38.8. The van der Waals surface area contributed by atoms with Crippen molar-refractivity contribution in [2.45, 2.75) is 38.7 Å². The molecule has 39 heavy (non-hydrogen) atoms. The van der Waals surface area contributed by atoms with Crippen molar-refractivity contribution in [2.24, 2.45) is 17.8 Å². The lowest BCUT2D eigenvalue weighted by atomic mass is 9.69. The molecular weight excluding hydrogens is 524 g/mol. The third-order valence-corrected chi connectivity index (χ3v) is 8.35. The second-order valence-electron chi connectivity index (χ2n) is 10.2. The minimum absolute atomic E-state index is 0.101. The Balaban J connectivity index is 1.37.